The summed E-state index contributed by atoms with van der Waals surface area (Å²) in [4.78, 5) is 26.3. The zero-order chi connectivity index (χ0) is 52.4. The lowest BCUT2D eigenvalue weighted by atomic mass is 10.1. The molecule has 0 aliphatic rings. The van der Waals surface area contributed by atoms with Crippen molar-refractivity contribution in [3.8, 4) is 0 Å². The molecule has 0 amide bonds. The Morgan fingerprint density at radius 2 is 0.750 bits per heavy atom. The Balaban J connectivity index is 1.32. The minimum atomic E-state index is -5.04. The fraction of sp³-hybridized carbons (Fsp3) is 0.200. The van der Waals surface area contributed by atoms with E-state index in [1.54, 1.807) is 0 Å². The normalized spacial score (nSPS) is 12.2. The fourth-order valence-corrected chi connectivity index (χ4v) is 8.86. The van der Waals surface area contributed by atoms with Gasteiger partial charge in [0.25, 0.3) is 40.5 Å². The molecular weight excluding hydrogens is 1030 g/mol. The molecule has 0 bridgehead atoms. The first-order chi connectivity index (χ1) is 34.0. The molecule has 4 aromatic carbocycles. The largest absolute Gasteiger partial charge is 0.395 e. The number of aliphatic hydroxyl groups excluding tert-OH is 4. The first kappa shape index (κ1) is 54.3. The minimum absolute atomic E-state index is 0.0207. The molecule has 0 unspecified atom stereocenters. The van der Waals surface area contributed by atoms with E-state index in [0.717, 1.165) is 48.6 Å². The minimum Gasteiger partial charge on any atom is -0.395 e. The van der Waals surface area contributed by atoms with Gasteiger partial charge in [-0.25, -0.2) is 0 Å². The molecule has 28 nitrogen and oxygen atoms in total. The zero-order valence-electron chi connectivity index (χ0n) is 36.9. The van der Waals surface area contributed by atoms with Gasteiger partial charge < -0.3 is 51.5 Å². The van der Waals surface area contributed by atoms with Gasteiger partial charge in [-0.2, -0.15) is 63.6 Å². The van der Waals surface area contributed by atoms with Gasteiger partial charge >= 0.3 is 0 Å². The van der Waals surface area contributed by atoms with Crippen LogP contribution in [0.25, 0.3) is 12.2 Å². The fourth-order valence-electron chi connectivity index (χ4n) is 6.43. The van der Waals surface area contributed by atoms with Crippen LogP contribution < -0.4 is 31.1 Å². The highest BCUT2D eigenvalue weighted by Crippen LogP contribution is 2.30. The summed E-state index contributed by atoms with van der Waals surface area (Å²) in [6, 6.07) is 16.9. The molecular formula is C40H44N12O16S4. The molecule has 12 N–H and O–H groups in total. The quantitative estimate of drug-likeness (QED) is 0.0303. The maximum atomic E-state index is 12.8. The van der Waals surface area contributed by atoms with Crippen LogP contribution >= 0.6 is 0 Å². The lowest BCUT2D eigenvalue weighted by molar-refractivity contribution is 0.279. The molecule has 0 aliphatic heterocycles. The van der Waals surface area contributed by atoms with Crippen LogP contribution in [-0.2, 0) is 40.5 Å². The number of anilines is 10. The van der Waals surface area contributed by atoms with E-state index in [1.165, 1.54) is 58.3 Å². The molecule has 32 heteroatoms. The Morgan fingerprint density at radius 3 is 1.10 bits per heavy atom. The van der Waals surface area contributed by atoms with Crippen molar-refractivity contribution < 1.29 is 72.3 Å². The van der Waals surface area contributed by atoms with Gasteiger partial charge in [0.05, 0.1) is 36.2 Å². The van der Waals surface area contributed by atoms with E-state index in [9.17, 15) is 72.3 Å². The molecule has 72 heavy (non-hydrogen) atoms. The first-order valence-electron chi connectivity index (χ1n) is 20.6. The van der Waals surface area contributed by atoms with E-state index in [4.69, 9.17) is 0 Å². The number of hydrogen-bond donors (Lipinski definition) is 12. The Kier molecular flexibility index (Phi) is 17.3. The molecule has 0 saturated heterocycles. The smallest absolute Gasteiger partial charge is 0.295 e. The van der Waals surface area contributed by atoms with Crippen molar-refractivity contribution in [2.45, 2.75) is 19.6 Å². The molecule has 384 valence electrons. The third kappa shape index (κ3) is 14.7. The predicted octanol–water partition coefficient (Wildman–Crippen LogP) is 1.77. The second kappa shape index (κ2) is 23.0. The molecule has 6 aromatic rings. The van der Waals surface area contributed by atoms with Gasteiger partial charge in [-0.3, -0.25) is 18.2 Å². The highest BCUT2D eigenvalue weighted by Gasteiger charge is 2.21. The number of nitrogens with zero attached hydrogens (tertiary/aromatic N) is 8. The summed E-state index contributed by atoms with van der Waals surface area (Å²) in [5, 5.41) is 49.8. The SMILES string of the molecule is O=S(=O)(O)c1ccc(Nc2nc(Nc3ccc(C=Cc4ccc(Nc5nc(Nc6cccc(S(=O)(=O)O)c6)nc(N(CCO)CCO)n5)cc4S(=O)(=O)O)c(S(=O)(=O)O)c3)nc(N(CCO)CCO)n2)cc1. The van der Waals surface area contributed by atoms with Gasteiger partial charge in [-0.15, -0.1) is 0 Å². The van der Waals surface area contributed by atoms with Gasteiger partial charge in [-0.05, 0) is 77.9 Å². The van der Waals surface area contributed by atoms with Gasteiger partial charge in [0.15, 0.2) is 0 Å². The van der Waals surface area contributed by atoms with E-state index in [2.05, 4.69) is 51.2 Å². The monoisotopic (exact) mass is 1080 g/mol. The molecule has 2 aromatic heterocycles. The molecule has 0 aliphatic carbocycles. The van der Waals surface area contributed by atoms with Crippen molar-refractivity contribution in [2.75, 3.05) is 83.7 Å². The van der Waals surface area contributed by atoms with Crippen LogP contribution in [0.5, 0.6) is 0 Å². The predicted molar refractivity (Wildman–Crippen MR) is 260 cm³/mol. The van der Waals surface area contributed by atoms with Gasteiger partial charge in [0.1, 0.15) is 9.79 Å². The standard InChI is InChI=1S/C40H44N12O16S4/c53-18-14-51(15-19-54)39-47-35(41-27-10-12-31(13-11-27)69(57,58)59)45-37(49-39)43-29-8-6-25(33(23-29)71(63,64)65)4-5-26-7-9-30(24-34(26)72(66,67)68)44-38-46-36(48-40(50-38)52(16-20-55)17-21-56)42-28-2-1-3-32(22-28)70(60,61)62/h1-13,22-24,53-56H,14-21H2,(H,57,58,59)(H,60,61,62)(H,63,64,65)(H,66,67,68)(H2,41,43,45,47,49)(H2,42,44,46,48,50). The number of aromatic nitrogens is 6. The zero-order valence-corrected chi connectivity index (χ0v) is 40.2. The maximum absolute atomic E-state index is 12.8. The summed E-state index contributed by atoms with van der Waals surface area (Å²) in [6.45, 7) is -1.76. The lowest BCUT2D eigenvalue weighted by Gasteiger charge is -2.21. The summed E-state index contributed by atoms with van der Waals surface area (Å²) in [5.41, 5.74) is -0.0573. The molecule has 6 rings (SSSR count). The number of benzene rings is 4. The Bertz CT molecular complexity index is 3400. The van der Waals surface area contributed by atoms with Crippen LogP contribution in [0.2, 0.25) is 0 Å². The summed E-state index contributed by atoms with van der Waals surface area (Å²) < 4.78 is 137. The van der Waals surface area contributed by atoms with E-state index in [-0.39, 0.29) is 109 Å². The van der Waals surface area contributed by atoms with Gasteiger partial charge in [0.2, 0.25) is 35.7 Å². The van der Waals surface area contributed by atoms with Crippen molar-refractivity contribution in [1.29, 1.82) is 0 Å². The van der Waals surface area contributed by atoms with E-state index in [0.29, 0.717) is 0 Å². The van der Waals surface area contributed by atoms with Crippen molar-refractivity contribution in [1.82, 2.24) is 29.9 Å². The van der Waals surface area contributed by atoms with E-state index in [1.807, 2.05) is 0 Å². The average molecular weight is 1080 g/mol. The molecule has 0 radical (unpaired) electrons. The second-order valence-corrected chi connectivity index (χ2v) is 20.3. The molecule has 0 atom stereocenters. The van der Waals surface area contributed by atoms with Crippen molar-refractivity contribution in [2.24, 2.45) is 0 Å². The third-order valence-electron chi connectivity index (χ3n) is 9.63. The van der Waals surface area contributed by atoms with E-state index >= 15 is 0 Å². The van der Waals surface area contributed by atoms with Crippen molar-refractivity contribution in [3.63, 3.8) is 0 Å². The van der Waals surface area contributed by atoms with Crippen LogP contribution in [0.15, 0.2) is 105 Å². The van der Waals surface area contributed by atoms with Crippen LogP contribution in [0.4, 0.5) is 58.4 Å². The molecule has 2 heterocycles. The second-order valence-electron chi connectivity index (χ2n) is 14.7. The number of aliphatic hydroxyl groups is 4. The highest BCUT2D eigenvalue weighted by atomic mass is 32.2. The highest BCUT2D eigenvalue weighted by molar-refractivity contribution is 7.86. The summed E-state index contributed by atoms with van der Waals surface area (Å²) in [5.74, 6) is -1.05. The maximum Gasteiger partial charge on any atom is 0.295 e. The summed E-state index contributed by atoms with van der Waals surface area (Å²) >= 11 is 0. The van der Waals surface area contributed by atoms with Crippen LogP contribution in [0, 0.1) is 0 Å². The lowest BCUT2D eigenvalue weighted by Crippen LogP contribution is -2.31. The number of rotatable bonds is 24. The average Bonchev–Trinajstić information content (AvgIpc) is 3.30. The van der Waals surface area contributed by atoms with Gasteiger partial charge in [-0.1, -0.05) is 30.4 Å². The molecule has 0 spiro atoms. The third-order valence-corrected chi connectivity index (χ3v) is 13.2. The van der Waals surface area contributed by atoms with Crippen molar-refractivity contribution in [3.05, 3.63) is 96.1 Å². The Labute approximate surface area is 410 Å². The Morgan fingerprint density at radius 1 is 0.403 bits per heavy atom. The van der Waals surface area contributed by atoms with Crippen LogP contribution in [0.1, 0.15) is 11.1 Å². The summed E-state index contributed by atoms with van der Waals surface area (Å²) in [6.07, 6.45) is 2.26. The van der Waals surface area contributed by atoms with Crippen LogP contribution in [-0.4, -0.2) is 155 Å². The first-order valence-corrected chi connectivity index (χ1v) is 26.3. The molecule has 0 saturated carbocycles. The number of hydrogen-bond acceptors (Lipinski definition) is 24. The molecule has 0 fully saturated rings. The van der Waals surface area contributed by atoms with Gasteiger partial charge in [0, 0.05) is 48.9 Å². The number of nitrogens with one attached hydrogen (secondary N) is 4. The summed E-state index contributed by atoms with van der Waals surface area (Å²) in [7, 11) is -19.2. The van der Waals surface area contributed by atoms with E-state index < -0.39 is 73.3 Å². The Hall–Kier alpha value is -7.08. The van der Waals surface area contributed by atoms with Crippen LogP contribution in [0.3, 0.4) is 0 Å². The van der Waals surface area contributed by atoms with Crippen molar-refractivity contribution >= 4 is 111 Å². The topological polar surface area (TPSA) is 430 Å².